The Kier molecular flexibility index (Phi) is 3.88. The van der Waals surface area contributed by atoms with Gasteiger partial charge in [-0.15, -0.1) is 0 Å². The van der Waals surface area contributed by atoms with Gasteiger partial charge in [-0.3, -0.25) is 9.59 Å². The Morgan fingerprint density at radius 2 is 2.12 bits per heavy atom. The standard InChI is InChI=1S/C11H13NO4/c1-7(13)12-9-4-3-8(6-11(14)15)5-10(9)16-2/h3-5H,6H2,1-2H3,(H,12,13)(H,14,15). The molecule has 5 nitrogen and oxygen atoms in total. The summed E-state index contributed by atoms with van der Waals surface area (Å²) in [5.41, 5.74) is 1.16. The molecule has 0 saturated heterocycles. The van der Waals surface area contributed by atoms with Crippen LogP contribution in [-0.4, -0.2) is 24.1 Å². The molecule has 0 heterocycles. The molecule has 0 saturated carbocycles. The molecule has 5 heteroatoms. The minimum absolute atomic E-state index is 0.0727. The van der Waals surface area contributed by atoms with Crippen molar-refractivity contribution in [3.63, 3.8) is 0 Å². The highest BCUT2D eigenvalue weighted by molar-refractivity contribution is 5.90. The Hall–Kier alpha value is -2.04. The van der Waals surface area contributed by atoms with Crippen LogP contribution in [0.5, 0.6) is 5.75 Å². The van der Waals surface area contributed by atoms with Gasteiger partial charge < -0.3 is 15.2 Å². The molecule has 0 aliphatic heterocycles. The summed E-state index contributed by atoms with van der Waals surface area (Å²) >= 11 is 0. The number of methoxy groups -OCH3 is 1. The molecule has 1 aromatic carbocycles. The number of carboxylic acid groups (broad SMARTS) is 1. The fraction of sp³-hybridized carbons (Fsp3) is 0.273. The second-order valence-electron chi connectivity index (χ2n) is 3.29. The normalized spacial score (nSPS) is 9.62. The molecular weight excluding hydrogens is 210 g/mol. The topological polar surface area (TPSA) is 75.6 Å². The van der Waals surface area contributed by atoms with Crippen molar-refractivity contribution >= 4 is 17.6 Å². The number of nitrogens with one attached hydrogen (secondary N) is 1. The SMILES string of the molecule is COc1cc(CC(=O)O)ccc1NC(C)=O. The van der Waals surface area contributed by atoms with Crippen LogP contribution in [0, 0.1) is 0 Å². The van der Waals surface area contributed by atoms with Gasteiger partial charge >= 0.3 is 5.97 Å². The Labute approximate surface area is 93.0 Å². The number of amides is 1. The Morgan fingerprint density at radius 3 is 2.62 bits per heavy atom. The van der Waals surface area contributed by atoms with Crippen molar-refractivity contribution in [2.45, 2.75) is 13.3 Å². The van der Waals surface area contributed by atoms with Crippen LogP contribution in [-0.2, 0) is 16.0 Å². The van der Waals surface area contributed by atoms with Gasteiger partial charge in [0.2, 0.25) is 5.91 Å². The zero-order chi connectivity index (χ0) is 12.1. The summed E-state index contributed by atoms with van der Waals surface area (Å²) in [4.78, 5) is 21.4. The van der Waals surface area contributed by atoms with Gasteiger partial charge in [0.15, 0.2) is 0 Å². The van der Waals surface area contributed by atoms with Gasteiger partial charge in [-0.1, -0.05) is 6.07 Å². The molecule has 1 rings (SSSR count). The summed E-state index contributed by atoms with van der Waals surface area (Å²) in [5.74, 6) is -0.660. The third kappa shape index (κ3) is 3.27. The molecule has 16 heavy (non-hydrogen) atoms. The number of carbonyl (C=O) groups is 2. The average Bonchev–Trinajstić information content (AvgIpc) is 2.18. The fourth-order valence-corrected chi connectivity index (χ4v) is 1.31. The summed E-state index contributed by atoms with van der Waals surface area (Å²) in [6.45, 7) is 1.39. The molecule has 0 aliphatic carbocycles. The minimum Gasteiger partial charge on any atom is -0.495 e. The molecule has 0 aromatic heterocycles. The maximum Gasteiger partial charge on any atom is 0.307 e. The van der Waals surface area contributed by atoms with Crippen LogP contribution in [0.2, 0.25) is 0 Å². The molecule has 1 aromatic rings. The number of rotatable bonds is 4. The highest BCUT2D eigenvalue weighted by Crippen LogP contribution is 2.25. The number of benzene rings is 1. The predicted octanol–water partition coefficient (Wildman–Crippen LogP) is 1.28. The first-order valence-corrected chi connectivity index (χ1v) is 4.69. The quantitative estimate of drug-likeness (QED) is 0.806. The molecule has 2 N–H and O–H groups in total. The average molecular weight is 223 g/mol. The van der Waals surface area contributed by atoms with Crippen LogP contribution in [0.15, 0.2) is 18.2 Å². The Balaban J connectivity index is 2.96. The monoisotopic (exact) mass is 223 g/mol. The molecule has 0 aliphatic rings. The van der Waals surface area contributed by atoms with Gasteiger partial charge in [0, 0.05) is 6.92 Å². The molecule has 0 spiro atoms. The van der Waals surface area contributed by atoms with E-state index in [4.69, 9.17) is 9.84 Å². The van der Waals surface area contributed by atoms with Gasteiger partial charge in [-0.2, -0.15) is 0 Å². The molecule has 0 radical (unpaired) electrons. The lowest BCUT2D eigenvalue weighted by molar-refractivity contribution is -0.136. The number of carbonyl (C=O) groups excluding carboxylic acids is 1. The Bertz CT molecular complexity index is 414. The predicted molar refractivity (Wildman–Crippen MR) is 58.6 cm³/mol. The molecule has 0 fully saturated rings. The molecule has 1 amide bonds. The van der Waals surface area contributed by atoms with Crippen molar-refractivity contribution in [1.82, 2.24) is 0 Å². The summed E-state index contributed by atoms with van der Waals surface area (Å²) in [6, 6.07) is 4.86. The second kappa shape index (κ2) is 5.16. The lowest BCUT2D eigenvalue weighted by Crippen LogP contribution is -2.08. The first kappa shape index (κ1) is 12.0. The van der Waals surface area contributed by atoms with Gasteiger partial charge in [0.1, 0.15) is 5.75 Å². The first-order valence-electron chi connectivity index (χ1n) is 4.69. The Morgan fingerprint density at radius 1 is 1.44 bits per heavy atom. The zero-order valence-electron chi connectivity index (χ0n) is 9.11. The van der Waals surface area contributed by atoms with E-state index in [-0.39, 0.29) is 12.3 Å². The van der Waals surface area contributed by atoms with E-state index in [9.17, 15) is 9.59 Å². The number of carboxylic acids is 1. The smallest absolute Gasteiger partial charge is 0.307 e. The highest BCUT2D eigenvalue weighted by atomic mass is 16.5. The number of aliphatic carboxylic acids is 1. The van der Waals surface area contributed by atoms with Gasteiger partial charge in [-0.25, -0.2) is 0 Å². The number of hydrogen-bond donors (Lipinski definition) is 2. The van der Waals surface area contributed by atoms with Crippen LogP contribution >= 0.6 is 0 Å². The molecule has 0 atom stereocenters. The van der Waals surface area contributed by atoms with Gasteiger partial charge in [0.05, 0.1) is 19.2 Å². The largest absolute Gasteiger partial charge is 0.495 e. The summed E-state index contributed by atoms with van der Waals surface area (Å²) in [6.07, 6.45) is -0.0727. The zero-order valence-corrected chi connectivity index (χ0v) is 9.11. The van der Waals surface area contributed by atoms with Crippen LogP contribution in [0.4, 0.5) is 5.69 Å². The number of anilines is 1. The molecular formula is C11H13NO4. The number of hydrogen-bond acceptors (Lipinski definition) is 3. The van der Waals surface area contributed by atoms with Crippen LogP contribution < -0.4 is 10.1 Å². The van der Waals surface area contributed by atoms with Gasteiger partial charge in [0.25, 0.3) is 0 Å². The van der Waals surface area contributed by atoms with E-state index in [1.165, 1.54) is 14.0 Å². The fourth-order valence-electron chi connectivity index (χ4n) is 1.31. The molecule has 86 valence electrons. The van der Waals surface area contributed by atoms with Crippen molar-refractivity contribution in [1.29, 1.82) is 0 Å². The lowest BCUT2D eigenvalue weighted by Gasteiger charge is -2.10. The highest BCUT2D eigenvalue weighted by Gasteiger charge is 2.07. The summed E-state index contributed by atoms with van der Waals surface area (Å²) < 4.78 is 5.06. The van der Waals surface area contributed by atoms with E-state index in [1.807, 2.05) is 0 Å². The van der Waals surface area contributed by atoms with E-state index >= 15 is 0 Å². The van der Waals surface area contributed by atoms with Crippen molar-refractivity contribution in [2.24, 2.45) is 0 Å². The maximum atomic E-state index is 10.9. The van der Waals surface area contributed by atoms with E-state index < -0.39 is 5.97 Å². The summed E-state index contributed by atoms with van der Waals surface area (Å²) in [7, 11) is 1.46. The maximum absolute atomic E-state index is 10.9. The van der Waals surface area contributed by atoms with Crippen molar-refractivity contribution in [3.05, 3.63) is 23.8 Å². The van der Waals surface area contributed by atoms with Crippen molar-refractivity contribution in [3.8, 4) is 5.75 Å². The second-order valence-corrected chi connectivity index (χ2v) is 3.29. The third-order valence-electron chi connectivity index (χ3n) is 1.93. The first-order chi connectivity index (χ1) is 7.52. The van der Waals surface area contributed by atoms with Crippen LogP contribution in [0.3, 0.4) is 0 Å². The van der Waals surface area contributed by atoms with Crippen LogP contribution in [0.1, 0.15) is 12.5 Å². The number of ether oxygens (including phenoxy) is 1. The van der Waals surface area contributed by atoms with E-state index in [2.05, 4.69) is 5.32 Å². The van der Waals surface area contributed by atoms with Crippen molar-refractivity contribution in [2.75, 3.05) is 12.4 Å². The minimum atomic E-state index is -0.908. The van der Waals surface area contributed by atoms with Crippen molar-refractivity contribution < 1.29 is 19.4 Å². The lowest BCUT2D eigenvalue weighted by atomic mass is 10.1. The van der Waals surface area contributed by atoms with E-state index in [1.54, 1.807) is 18.2 Å². The molecule has 0 bridgehead atoms. The third-order valence-corrected chi connectivity index (χ3v) is 1.93. The van der Waals surface area contributed by atoms with Gasteiger partial charge in [-0.05, 0) is 17.7 Å². The van der Waals surface area contributed by atoms with E-state index in [0.717, 1.165) is 0 Å². The summed E-state index contributed by atoms with van der Waals surface area (Å²) in [5, 5.41) is 11.2. The van der Waals surface area contributed by atoms with Crippen LogP contribution in [0.25, 0.3) is 0 Å². The molecule has 0 unspecified atom stereocenters. The van der Waals surface area contributed by atoms with E-state index in [0.29, 0.717) is 17.0 Å².